The zero-order chi connectivity index (χ0) is 74.3. The highest BCUT2D eigenvalue weighted by molar-refractivity contribution is 8.14. The van der Waals surface area contributed by atoms with Crippen LogP contribution in [0.15, 0.2) is 47.8 Å². The summed E-state index contributed by atoms with van der Waals surface area (Å²) in [6.45, 7) is 14.1. The minimum absolute atomic E-state index is 0.00117. The van der Waals surface area contributed by atoms with Crippen molar-refractivity contribution in [2.75, 3.05) is 18.8 Å². The van der Waals surface area contributed by atoms with E-state index in [0.29, 0.717) is 16.3 Å². The van der Waals surface area contributed by atoms with Gasteiger partial charge >= 0.3 is 11.9 Å². The topological polar surface area (TPSA) is 531 Å². The van der Waals surface area contributed by atoms with Gasteiger partial charge in [-0.15, -0.1) is 11.8 Å². The normalized spacial score (nSPS) is 23.1. The lowest BCUT2D eigenvalue weighted by molar-refractivity contribution is -0.142. The lowest BCUT2D eigenvalue weighted by Gasteiger charge is -2.30. The van der Waals surface area contributed by atoms with Crippen LogP contribution in [0.25, 0.3) is 0 Å². The Kier molecular flexibility index (Phi) is 35.1. The molecule has 1 aromatic heterocycles. The number of carboxylic acid groups (broad SMARTS) is 2. The van der Waals surface area contributed by atoms with E-state index in [4.69, 9.17) is 17.2 Å². The molecule has 3 heterocycles. The van der Waals surface area contributed by atoms with E-state index in [1.54, 1.807) is 58.0 Å². The molecule has 1 saturated heterocycles. The largest absolute Gasteiger partial charge is 0.481 e. The molecule has 554 valence electrons. The highest BCUT2D eigenvalue weighted by Crippen LogP contribution is 2.25. The molecule has 1 fully saturated rings. The number of benzene rings is 1. The van der Waals surface area contributed by atoms with Crippen molar-refractivity contribution in [3.8, 4) is 0 Å². The van der Waals surface area contributed by atoms with Crippen LogP contribution >= 0.6 is 11.8 Å². The number of nitrogens with zero attached hydrogens (tertiary/aromatic N) is 2. The minimum atomic E-state index is -1.94. The summed E-state index contributed by atoms with van der Waals surface area (Å²) in [7, 11) is 0. The van der Waals surface area contributed by atoms with E-state index in [2.05, 4.69) is 73.4 Å². The third-order valence-electron chi connectivity index (χ3n) is 17.5. The van der Waals surface area contributed by atoms with E-state index in [9.17, 15) is 77.3 Å². The standard InChI is InChI=1S/C66H103N17O16S/c1-9-35(6)52(69)66-81-48(32-100-66)63(97)76-43(26-34(4)5)59(93)74-42(22-23-50(85)86)58(92)83-53(36(7)10-2)64(98)75-40-20-15-16-25-71-55(89)46(29-49(68)84)78-62(96)47(30-51(87)88)79-61(95)45(28-39-31-70-33-72-39)77-60(94)44(27-38-18-13-12-14-19-38)80-65(99)54(37(8)11-3)82-57(91)41(21-17-24-67)73-56(40)90/h12-14,18-19,31,33-37,40-48,52-54H,9-11,15-17,20-30,32,67,69H2,1-8H3,(H2,68,84)(H,70,72)(H,71,89)(H,73,90)(H,74,93)(H,75,98)(H,76,97)(H,77,94)(H,78,96)(H,79,95)(H,80,99)(H,82,91)(H,83,92)(H,85,86)(H,87,88)/t35?,36-,37-,40+,41+,42+,43-,44+,45-,46-,47+,48?,52?,53-,54-/m0/s1. The highest BCUT2D eigenvalue weighted by Gasteiger charge is 2.40. The number of carbonyl (C=O) groups excluding carboxylic acids is 12. The number of aliphatic imine (C=N–C) groups is 1. The summed E-state index contributed by atoms with van der Waals surface area (Å²) in [6, 6.07) is -8.34. The first-order chi connectivity index (χ1) is 47.4. The monoisotopic (exact) mass is 1420 g/mol. The number of thioether (sulfide) groups is 1. The third kappa shape index (κ3) is 27.6. The summed E-state index contributed by atoms with van der Waals surface area (Å²) >= 11 is 1.35. The van der Waals surface area contributed by atoms with Gasteiger partial charge in [0, 0.05) is 43.5 Å². The van der Waals surface area contributed by atoms with Gasteiger partial charge in [-0.2, -0.15) is 0 Å². The number of nitrogens with one attached hydrogen (secondary N) is 12. The molecule has 12 amide bonds. The second-order valence-electron chi connectivity index (χ2n) is 26.0. The van der Waals surface area contributed by atoms with E-state index in [0.717, 1.165) is 6.42 Å². The zero-order valence-electron chi connectivity index (χ0n) is 58.2. The van der Waals surface area contributed by atoms with Crippen LogP contribution in [0.3, 0.4) is 0 Å². The van der Waals surface area contributed by atoms with Gasteiger partial charge in [0.15, 0.2) is 0 Å². The van der Waals surface area contributed by atoms with E-state index >= 15 is 0 Å². The van der Waals surface area contributed by atoms with Gasteiger partial charge in [0.1, 0.15) is 66.5 Å². The maximum atomic E-state index is 14.9. The van der Waals surface area contributed by atoms with Crippen LogP contribution in [0.4, 0.5) is 0 Å². The second-order valence-corrected chi connectivity index (χ2v) is 27.0. The van der Waals surface area contributed by atoms with Gasteiger partial charge in [0.2, 0.25) is 70.9 Å². The van der Waals surface area contributed by atoms with Gasteiger partial charge in [0.25, 0.3) is 0 Å². The molecular formula is C66H103N17O16S. The number of carbonyl (C=O) groups is 14. The first kappa shape index (κ1) is 83.4. The number of H-pyrrole nitrogens is 1. The summed E-state index contributed by atoms with van der Waals surface area (Å²) < 4.78 is 0. The molecule has 2 aliphatic rings. The lowest BCUT2D eigenvalue weighted by atomic mass is 9.96. The Labute approximate surface area is 586 Å². The van der Waals surface area contributed by atoms with Crippen molar-refractivity contribution in [3.05, 3.63) is 54.1 Å². The van der Waals surface area contributed by atoms with Gasteiger partial charge in [-0.25, -0.2) is 4.98 Å². The van der Waals surface area contributed by atoms with E-state index in [1.807, 2.05) is 27.7 Å². The van der Waals surface area contributed by atoms with Crippen molar-refractivity contribution in [1.29, 1.82) is 0 Å². The number of amides is 12. The van der Waals surface area contributed by atoms with Gasteiger partial charge in [-0.05, 0) is 80.7 Å². The maximum absolute atomic E-state index is 14.9. The fraction of sp³-hybridized carbons (Fsp3) is 0.636. The van der Waals surface area contributed by atoms with Crippen LogP contribution in [-0.4, -0.2) is 199 Å². The van der Waals surface area contributed by atoms with Crippen LogP contribution < -0.4 is 75.7 Å². The quantitative estimate of drug-likeness (QED) is 0.0401. The molecule has 0 saturated carbocycles. The smallest absolute Gasteiger partial charge is 0.305 e. The minimum Gasteiger partial charge on any atom is -0.481 e. The van der Waals surface area contributed by atoms with Crippen LogP contribution in [-0.2, 0) is 80.0 Å². The Morgan fingerprint density at radius 3 is 1.85 bits per heavy atom. The molecule has 20 N–H and O–H groups in total. The number of carboxylic acids is 2. The predicted octanol–water partition coefficient (Wildman–Crippen LogP) is -1.68. The van der Waals surface area contributed by atoms with Gasteiger partial charge in [-0.1, -0.05) is 105 Å². The molecule has 0 aliphatic carbocycles. The average Bonchev–Trinajstić information content (AvgIpc) is 1.37. The summed E-state index contributed by atoms with van der Waals surface area (Å²) in [5.74, 6) is -15.4. The molecule has 0 bridgehead atoms. The molecule has 0 radical (unpaired) electrons. The Morgan fingerprint density at radius 1 is 0.660 bits per heavy atom. The van der Waals surface area contributed by atoms with Crippen molar-refractivity contribution in [2.45, 2.75) is 224 Å². The zero-order valence-corrected chi connectivity index (χ0v) is 59.0. The van der Waals surface area contributed by atoms with Gasteiger partial charge in [-0.3, -0.25) is 72.1 Å². The number of imidazole rings is 1. The third-order valence-corrected chi connectivity index (χ3v) is 18.6. The number of aromatic amines is 1. The Balaban J connectivity index is 1.77. The van der Waals surface area contributed by atoms with Crippen LogP contribution in [0.5, 0.6) is 0 Å². The molecule has 100 heavy (non-hydrogen) atoms. The summed E-state index contributed by atoms with van der Waals surface area (Å²) in [5.41, 5.74) is 18.7. The molecule has 33 nitrogen and oxygen atoms in total. The van der Waals surface area contributed by atoms with Crippen molar-refractivity contribution < 1.29 is 77.3 Å². The molecule has 3 unspecified atom stereocenters. The van der Waals surface area contributed by atoms with Crippen molar-refractivity contribution in [3.63, 3.8) is 0 Å². The molecule has 4 rings (SSSR count). The van der Waals surface area contributed by atoms with Gasteiger partial charge in [0.05, 0.1) is 30.3 Å². The SMILES string of the molecule is CCC(C)C(N)C1=NC(C(=O)N[C@@H](CC(C)C)C(=O)N[C@H](CCC(=O)O)C(=O)N[C@H](C(=O)N[C@@H]2CCCCNC(=O)[C@H](CC(N)=O)NC(=O)[C@@H](CC(=O)O)NC(=O)[C@H](Cc3cnc[nH]3)NC(=O)[C@@H](Cc3ccccc3)NC(=O)[C@H]([C@@H](C)CC)NC(=O)[C@@H](CCCN)NC2=O)[C@@H](C)CC)CS1. The van der Waals surface area contributed by atoms with Gasteiger partial charge < -0.3 is 90.9 Å². The Hall–Kier alpha value is -9.05. The number of hydrogen-bond donors (Lipinski definition) is 17. The first-order valence-electron chi connectivity index (χ1n) is 34.1. The van der Waals surface area contributed by atoms with Crippen molar-refractivity contribution in [2.24, 2.45) is 45.9 Å². The lowest BCUT2D eigenvalue weighted by Crippen LogP contribution is -2.62. The first-order valence-corrected chi connectivity index (χ1v) is 35.1. The van der Waals surface area contributed by atoms with E-state index in [-0.39, 0.29) is 94.9 Å². The summed E-state index contributed by atoms with van der Waals surface area (Å²) in [6.07, 6.45) is 0.368. The fourth-order valence-corrected chi connectivity index (χ4v) is 12.0. The molecule has 0 spiro atoms. The van der Waals surface area contributed by atoms with Crippen molar-refractivity contribution >= 4 is 99.6 Å². The molecule has 34 heteroatoms. The van der Waals surface area contributed by atoms with Crippen LogP contribution in [0, 0.1) is 23.7 Å². The number of aromatic nitrogens is 2. The molecule has 15 atom stereocenters. The van der Waals surface area contributed by atoms with Crippen molar-refractivity contribution in [1.82, 2.24) is 68.5 Å². The Bertz CT molecular complexity index is 3160. The predicted molar refractivity (Wildman–Crippen MR) is 369 cm³/mol. The van der Waals surface area contributed by atoms with E-state index in [1.165, 1.54) is 24.3 Å². The van der Waals surface area contributed by atoms with Crippen LogP contribution in [0.2, 0.25) is 0 Å². The number of rotatable bonds is 31. The number of nitrogens with two attached hydrogens (primary N) is 3. The second kappa shape index (κ2) is 42.1. The average molecular weight is 1420 g/mol. The molecule has 2 aromatic rings. The fourth-order valence-electron chi connectivity index (χ4n) is 10.9. The Morgan fingerprint density at radius 2 is 1.26 bits per heavy atom. The van der Waals surface area contributed by atoms with E-state index < -0.39 is 193 Å². The number of aliphatic carboxylic acids is 2. The molecular weight excluding hydrogens is 1320 g/mol. The number of hydrogen-bond acceptors (Lipinski definition) is 19. The van der Waals surface area contributed by atoms with Crippen LogP contribution in [0.1, 0.15) is 150 Å². The molecule has 1 aromatic carbocycles. The number of primary amides is 1. The highest BCUT2D eigenvalue weighted by atomic mass is 32.2. The summed E-state index contributed by atoms with van der Waals surface area (Å²) in [4.78, 5) is 207. The summed E-state index contributed by atoms with van der Waals surface area (Å²) in [5, 5.41) is 49.1. The maximum Gasteiger partial charge on any atom is 0.305 e. The molecule has 2 aliphatic heterocycles.